The molecule has 2 aromatic rings. The van der Waals surface area contributed by atoms with Gasteiger partial charge in [-0.25, -0.2) is 0 Å². The summed E-state index contributed by atoms with van der Waals surface area (Å²) in [6, 6.07) is 17.2. The molecule has 2 nitrogen and oxygen atoms in total. The van der Waals surface area contributed by atoms with Crippen molar-refractivity contribution in [3.8, 4) is 5.75 Å². The number of hydrogen-bond acceptors (Lipinski definition) is 2. The standard InChI is InChI=1S/C18H20O2/c1-13(2)15-9-11-17(12-10-15)20-14(3)18(19)16-7-5-4-6-8-16/h4-14H,1-3H3. The van der Waals surface area contributed by atoms with Crippen LogP contribution in [0.2, 0.25) is 0 Å². The van der Waals surface area contributed by atoms with Gasteiger partial charge in [-0.05, 0) is 30.5 Å². The number of ketones is 1. The van der Waals surface area contributed by atoms with Crippen LogP contribution >= 0.6 is 0 Å². The van der Waals surface area contributed by atoms with Gasteiger partial charge in [-0.1, -0.05) is 56.3 Å². The number of carbonyl (C=O) groups excluding carboxylic acids is 1. The molecule has 20 heavy (non-hydrogen) atoms. The second-order valence-electron chi connectivity index (χ2n) is 5.21. The first-order valence-electron chi connectivity index (χ1n) is 6.94. The van der Waals surface area contributed by atoms with Crippen LogP contribution in [-0.4, -0.2) is 11.9 Å². The van der Waals surface area contributed by atoms with E-state index in [1.807, 2.05) is 54.6 Å². The summed E-state index contributed by atoms with van der Waals surface area (Å²) in [6.07, 6.45) is -0.484. The maximum atomic E-state index is 12.2. The van der Waals surface area contributed by atoms with Crippen molar-refractivity contribution < 1.29 is 9.53 Å². The number of carbonyl (C=O) groups is 1. The third-order valence-corrected chi connectivity index (χ3v) is 3.29. The summed E-state index contributed by atoms with van der Waals surface area (Å²) in [7, 11) is 0. The Balaban J connectivity index is 2.04. The molecule has 1 unspecified atom stereocenters. The van der Waals surface area contributed by atoms with E-state index in [4.69, 9.17) is 4.74 Å². The molecule has 0 bridgehead atoms. The molecule has 0 saturated carbocycles. The van der Waals surface area contributed by atoms with Crippen LogP contribution in [0, 0.1) is 0 Å². The molecule has 2 aromatic carbocycles. The Labute approximate surface area is 120 Å². The van der Waals surface area contributed by atoms with E-state index in [0.717, 1.165) is 5.75 Å². The van der Waals surface area contributed by atoms with E-state index in [1.165, 1.54) is 5.56 Å². The highest BCUT2D eigenvalue weighted by Gasteiger charge is 2.16. The third kappa shape index (κ3) is 3.47. The number of Topliss-reactive ketones (excluding diaryl/α,β-unsaturated/α-hetero) is 1. The lowest BCUT2D eigenvalue weighted by molar-refractivity contribution is 0.0818. The minimum atomic E-state index is -0.484. The Bertz CT molecular complexity index is 556. The van der Waals surface area contributed by atoms with Gasteiger partial charge >= 0.3 is 0 Å². The molecule has 0 aromatic heterocycles. The van der Waals surface area contributed by atoms with Crippen molar-refractivity contribution in [3.05, 3.63) is 65.7 Å². The zero-order chi connectivity index (χ0) is 14.5. The summed E-state index contributed by atoms with van der Waals surface area (Å²) >= 11 is 0. The van der Waals surface area contributed by atoms with Gasteiger partial charge in [0.05, 0.1) is 0 Å². The van der Waals surface area contributed by atoms with Gasteiger partial charge in [-0.15, -0.1) is 0 Å². The van der Waals surface area contributed by atoms with Crippen molar-refractivity contribution >= 4 is 5.78 Å². The second-order valence-corrected chi connectivity index (χ2v) is 5.21. The van der Waals surface area contributed by atoms with E-state index in [1.54, 1.807) is 6.92 Å². The molecule has 0 aliphatic rings. The summed E-state index contributed by atoms with van der Waals surface area (Å²) in [5.74, 6) is 1.22. The van der Waals surface area contributed by atoms with Crippen LogP contribution in [0.5, 0.6) is 5.75 Å². The molecule has 0 heterocycles. The molecule has 1 atom stereocenters. The molecule has 2 rings (SSSR count). The fraction of sp³-hybridized carbons (Fsp3) is 0.278. The van der Waals surface area contributed by atoms with Crippen molar-refractivity contribution in [2.45, 2.75) is 32.8 Å². The molecule has 2 heteroatoms. The first-order chi connectivity index (χ1) is 9.58. The fourth-order valence-electron chi connectivity index (χ4n) is 2.03. The van der Waals surface area contributed by atoms with Crippen LogP contribution in [-0.2, 0) is 0 Å². The highest BCUT2D eigenvalue weighted by Crippen LogP contribution is 2.20. The van der Waals surface area contributed by atoms with Crippen molar-refractivity contribution in [3.63, 3.8) is 0 Å². The van der Waals surface area contributed by atoms with Crippen LogP contribution in [0.4, 0.5) is 0 Å². The molecule has 0 amide bonds. The normalized spacial score (nSPS) is 12.2. The van der Waals surface area contributed by atoms with Crippen molar-refractivity contribution in [1.29, 1.82) is 0 Å². The molecule has 0 saturated heterocycles. The van der Waals surface area contributed by atoms with Gasteiger partial charge in [0.1, 0.15) is 5.75 Å². The Morgan fingerprint density at radius 3 is 2.05 bits per heavy atom. The van der Waals surface area contributed by atoms with Gasteiger partial charge < -0.3 is 4.74 Å². The number of rotatable bonds is 5. The number of benzene rings is 2. The van der Waals surface area contributed by atoms with Crippen molar-refractivity contribution in [1.82, 2.24) is 0 Å². The maximum Gasteiger partial charge on any atom is 0.202 e. The summed E-state index contributed by atoms with van der Waals surface area (Å²) in [5, 5.41) is 0. The smallest absolute Gasteiger partial charge is 0.202 e. The maximum absolute atomic E-state index is 12.2. The summed E-state index contributed by atoms with van der Waals surface area (Å²) in [4.78, 5) is 12.2. The average Bonchev–Trinajstić information content (AvgIpc) is 2.48. The van der Waals surface area contributed by atoms with Gasteiger partial charge in [0.2, 0.25) is 5.78 Å². The molecular weight excluding hydrogens is 248 g/mol. The highest BCUT2D eigenvalue weighted by atomic mass is 16.5. The van der Waals surface area contributed by atoms with Crippen molar-refractivity contribution in [2.24, 2.45) is 0 Å². The Morgan fingerprint density at radius 2 is 1.50 bits per heavy atom. The first kappa shape index (κ1) is 14.3. The topological polar surface area (TPSA) is 26.3 Å². The Kier molecular flexibility index (Phi) is 4.57. The van der Waals surface area contributed by atoms with Crippen molar-refractivity contribution in [2.75, 3.05) is 0 Å². The van der Waals surface area contributed by atoms with E-state index < -0.39 is 6.10 Å². The van der Waals surface area contributed by atoms with Gasteiger partial charge in [-0.2, -0.15) is 0 Å². The molecule has 0 fully saturated rings. The largest absolute Gasteiger partial charge is 0.483 e. The van der Waals surface area contributed by atoms with E-state index in [0.29, 0.717) is 11.5 Å². The van der Waals surface area contributed by atoms with E-state index in [-0.39, 0.29) is 5.78 Å². The lowest BCUT2D eigenvalue weighted by atomic mass is 10.0. The molecule has 104 valence electrons. The zero-order valence-electron chi connectivity index (χ0n) is 12.2. The molecule has 0 N–H and O–H groups in total. The summed E-state index contributed by atoms with van der Waals surface area (Å²) in [6.45, 7) is 6.08. The van der Waals surface area contributed by atoms with Crippen LogP contribution < -0.4 is 4.74 Å². The monoisotopic (exact) mass is 268 g/mol. The highest BCUT2D eigenvalue weighted by molar-refractivity contribution is 5.99. The predicted octanol–water partition coefficient (Wildman–Crippen LogP) is 4.46. The minimum Gasteiger partial charge on any atom is -0.483 e. The zero-order valence-corrected chi connectivity index (χ0v) is 12.2. The van der Waals surface area contributed by atoms with Crippen LogP contribution in [0.25, 0.3) is 0 Å². The first-order valence-corrected chi connectivity index (χ1v) is 6.94. The predicted molar refractivity (Wildman–Crippen MR) is 81.4 cm³/mol. The van der Waals surface area contributed by atoms with E-state index >= 15 is 0 Å². The number of hydrogen-bond donors (Lipinski definition) is 0. The minimum absolute atomic E-state index is 0.00136. The Morgan fingerprint density at radius 1 is 0.900 bits per heavy atom. The lowest BCUT2D eigenvalue weighted by Gasteiger charge is -2.14. The molecule has 0 aliphatic heterocycles. The summed E-state index contributed by atoms with van der Waals surface area (Å²) < 4.78 is 5.72. The van der Waals surface area contributed by atoms with Gasteiger partial charge in [0, 0.05) is 5.56 Å². The fourth-order valence-corrected chi connectivity index (χ4v) is 2.03. The van der Waals surface area contributed by atoms with E-state index in [9.17, 15) is 4.79 Å². The van der Waals surface area contributed by atoms with Gasteiger partial charge in [0.25, 0.3) is 0 Å². The average molecular weight is 268 g/mol. The van der Waals surface area contributed by atoms with E-state index in [2.05, 4.69) is 13.8 Å². The molecular formula is C18H20O2. The third-order valence-electron chi connectivity index (χ3n) is 3.29. The van der Waals surface area contributed by atoms with Gasteiger partial charge in [-0.3, -0.25) is 4.79 Å². The molecule has 0 spiro atoms. The number of ether oxygens (including phenoxy) is 1. The summed E-state index contributed by atoms with van der Waals surface area (Å²) in [5.41, 5.74) is 1.94. The quantitative estimate of drug-likeness (QED) is 0.748. The second kappa shape index (κ2) is 6.38. The Hall–Kier alpha value is -2.09. The molecule has 0 aliphatic carbocycles. The SMILES string of the molecule is CC(Oc1ccc(C(C)C)cc1)C(=O)c1ccccc1. The van der Waals surface area contributed by atoms with Crippen LogP contribution in [0.15, 0.2) is 54.6 Å². The van der Waals surface area contributed by atoms with Gasteiger partial charge in [0.15, 0.2) is 6.10 Å². The van der Waals surface area contributed by atoms with Crippen LogP contribution in [0.3, 0.4) is 0 Å². The lowest BCUT2D eigenvalue weighted by Crippen LogP contribution is -2.23. The molecule has 0 radical (unpaired) electrons. The van der Waals surface area contributed by atoms with Crippen LogP contribution in [0.1, 0.15) is 42.6 Å².